The molecular weight excluding hydrogens is 350 g/mol. The summed E-state index contributed by atoms with van der Waals surface area (Å²) in [6, 6.07) is 13.9. The molecule has 0 spiro atoms. The summed E-state index contributed by atoms with van der Waals surface area (Å²) in [7, 11) is 1.81. The van der Waals surface area contributed by atoms with Crippen LogP contribution in [0.2, 0.25) is 0 Å². The minimum Gasteiger partial charge on any atom is -0.340 e. The quantitative estimate of drug-likeness (QED) is 0.687. The Labute approximate surface area is 164 Å². The number of aryl methyl sites for hydroxylation is 1. The van der Waals surface area contributed by atoms with Gasteiger partial charge in [-0.3, -0.25) is 9.78 Å². The van der Waals surface area contributed by atoms with Crippen LogP contribution in [0.15, 0.2) is 61.1 Å². The van der Waals surface area contributed by atoms with Gasteiger partial charge >= 0.3 is 0 Å². The highest BCUT2D eigenvalue weighted by Gasteiger charge is 2.21. The van der Waals surface area contributed by atoms with Gasteiger partial charge in [-0.05, 0) is 54.7 Å². The Kier molecular flexibility index (Phi) is 5.28. The lowest BCUT2D eigenvalue weighted by Crippen LogP contribution is -2.31. The van der Waals surface area contributed by atoms with Crippen LogP contribution in [0.4, 0.5) is 11.6 Å². The van der Waals surface area contributed by atoms with Gasteiger partial charge in [0.1, 0.15) is 5.69 Å². The standard InChI is InChI=1S/C22H23N5O/c1-26(16-11-17-8-12-23-13-9-17)21(28)19-10-14-24-22(25-19)27-15-4-6-18-5-2-3-7-20(18)27/h2-3,5,7-10,12-14H,4,6,11,15-16H2,1H3. The van der Waals surface area contributed by atoms with E-state index in [0.717, 1.165) is 37.1 Å². The van der Waals surface area contributed by atoms with Crippen molar-refractivity contribution in [3.05, 3.63) is 77.9 Å². The Hall–Kier alpha value is -3.28. The molecule has 28 heavy (non-hydrogen) atoms. The van der Waals surface area contributed by atoms with Gasteiger partial charge in [0.05, 0.1) is 0 Å². The van der Waals surface area contributed by atoms with Gasteiger partial charge in [-0.1, -0.05) is 18.2 Å². The number of anilines is 2. The molecule has 0 saturated carbocycles. The van der Waals surface area contributed by atoms with Gasteiger partial charge < -0.3 is 9.80 Å². The number of carbonyl (C=O) groups excluding carboxylic acids is 1. The fourth-order valence-corrected chi connectivity index (χ4v) is 3.48. The molecule has 6 heteroatoms. The summed E-state index contributed by atoms with van der Waals surface area (Å²) in [6.45, 7) is 1.47. The van der Waals surface area contributed by atoms with Crippen molar-refractivity contribution in [1.82, 2.24) is 19.9 Å². The molecular formula is C22H23N5O. The number of aromatic nitrogens is 3. The summed E-state index contributed by atoms with van der Waals surface area (Å²) in [4.78, 5) is 29.7. The van der Waals surface area contributed by atoms with Crippen LogP contribution in [0.3, 0.4) is 0 Å². The lowest BCUT2D eigenvalue weighted by Gasteiger charge is -2.29. The van der Waals surface area contributed by atoms with E-state index in [1.54, 1.807) is 29.6 Å². The van der Waals surface area contributed by atoms with E-state index >= 15 is 0 Å². The molecule has 0 radical (unpaired) electrons. The van der Waals surface area contributed by atoms with Crippen molar-refractivity contribution in [3.8, 4) is 0 Å². The molecule has 1 aromatic carbocycles. The highest BCUT2D eigenvalue weighted by Crippen LogP contribution is 2.31. The zero-order valence-corrected chi connectivity index (χ0v) is 16.0. The Morgan fingerprint density at radius 2 is 1.93 bits per heavy atom. The molecule has 0 unspecified atom stereocenters. The van der Waals surface area contributed by atoms with Gasteiger partial charge in [0, 0.05) is 44.4 Å². The van der Waals surface area contributed by atoms with E-state index in [-0.39, 0.29) is 5.91 Å². The zero-order valence-electron chi connectivity index (χ0n) is 16.0. The smallest absolute Gasteiger partial charge is 0.272 e. The zero-order chi connectivity index (χ0) is 19.3. The number of para-hydroxylation sites is 1. The molecule has 0 atom stereocenters. The fourth-order valence-electron chi connectivity index (χ4n) is 3.48. The van der Waals surface area contributed by atoms with Crippen molar-refractivity contribution in [2.75, 3.05) is 25.0 Å². The van der Waals surface area contributed by atoms with Gasteiger partial charge in [-0.15, -0.1) is 0 Å². The Bertz CT molecular complexity index is 960. The van der Waals surface area contributed by atoms with Gasteiger partial charge in [-0.2, -0.15) is 0 Å². The number of nitrogens with zero attached hydrogens (tertiary/aromatic N) is 5. The number of rotatable bonds is 5. The van der Waals surface area contributed by atoms with E-state index in [4.69, 9.17) is 0 Å². The lowest BCUT2D eigenvalue weighted by molar-refractivity contribution is 0.0790. The molecule has 2 aromatic heterocycles. The molecule has 6 nitrogen and oxygen atoms in total. The Morgan fingerprint density at radius 1 is 1.11 bits per heavy atom. The SMILES string of the molecule is CN(CCc1ccncc1)C(=O)c1ccnc(N2CCCc3ccccc32)n1. The van der Waals surface area contributed by atoms with Crippen molar-refractivity contribution >= 4 is 17.5 Å². The maximum atomic E-state index is 12.9. The normalized spacial score (nSPS) is 13.1. The largest absolute Gasteiger partial charge is 0.340 e. The molecule has 0 fully saturated rings. The average Bonchev–Trinajstić information content (AvgIpc) is 2.77. The average molecular weight is 373 g/mol. The second kappa shape index (κ2) is 8.17. The van der Waals surface area contributed by atoms with Gasteiger partial charge in [0.15, 0.2) is 0 Å². The summed E-state index contributed by atoms with van der Waals surface area (Å²) in [5, 5.41) is 0. The van der Waals surface area contributed by atoms with Crippen molar-refractivity contribution in [3.63, 3.8) is 0 Å². The predicted octanol–water partition coefficient (Wildman–Crippen LogP) is 3.27. The van der Waals surface area contributed by atoms with Crippen molar-refractivity contribution in [2.24, 2.45) is 0 Å². The van der Waals surface area contributed by atoms with Gasteiger partial charge in [0.25, 0.3) is 5.91 Å². The first-order valence-electron chi connectivity index (χ1n) is 9.55. The molecule has 142 valence electrons. The van der Waals surface area contributed by atoms with Gasteiger partial charge in [-0.25, -0.2) is 9.97 Å². The Morgan fingerprint density at radius 3 is 2.79 bits per heavy atom. The van der Waals surface area contributed by atoms with E-state index < -0.39 is 0 Å². The number of hydrogen-bond donors (Lipinski definition) is 0. The van der Waals surface area contributed by atoms with E-state index in [1.807, 2.05) is 25.2 Å². The third-order valence-corrected chi connectivity index (χ3v) is 5.05. The molecule has 1 aliphatic rings. The van der Waals surface area contributed by atoms with Crippen LogP contribution in [0, 0.1) is 0 Å². The van der Waals surface area contributed by atoms with Crippen LogP contribution in [0.5, 0.6) is 0 Å². The molecule has 1 aliphatic heterocycles. The topological polar surface area (TPSA) is 62.2 Å². The summed E-state index contributed by atoms with van der Waals surface area (Å²) in [5.74, 6) is 0.489. The number of amides is 1. The number of carbonyl (C=O) groups is 1. The minimum atomic E-state index is -0.0944. The third kappa shape index (κ3) is 3.86. The summed E-state index contributed by atoms with van der Waals surface area (Å²) < 4.78 is 0. The highest BCUT2D eigenvalue weighted by molar-refractivity contribution is 5.92. The van der Waals surface area contributed by atoms with Crippen molar-refractivity contribution < 1.29 is 4.79 Å². The molecule has 0 aliphatic carbocycles. The first-order valence-corrected chi connectivity index (χ1v) is 9.55. The molecule has 3 heterocycles. The highest BCUT2D eigenvalue weighted by atomic mass is 16.2. The van der Waals surface area contributed by atoms with E-state index in [2.05, 4.69) is 38.1 Å². The van der Waals surface area contributed by atoms with Crippen molar-refractivity contribution in [1.29, 1.82) is 0 Å². The lowest BCUT2D eigenvalue weighted by atomic mass is 10.0. The number of pyridine rings is 1. The van der Waals surface area contributed by atoms with E-state index in [9.17, 15) is 4.79 Å². The predicted molar refractivity (Wildman–Crippen MR) is 109 cm³/mol. The van der Waals surface area contributed by atoms with Crippen molar-refractivity contribution in [2.45, 2.75) is 19.3 Å². The fraction of sp³-hybridized carbons (Fsp3) is 0.273. The second-order valence-corrected chi connectivity index (χ2v) is 6.96. The number of likely N-dealkylation sites (N-methyl/N-ethyl adjacent to an activating group) is 1. The first kappa shape index (κ1) is 18.1. The molecule has 0 bridgehead atoms. The number of hydrogen-bond acceptors (Lipinski definition) is 5. The molecule has 4 rings (SSSR count). The molecule has 0 N–H and O–H groups in total. The molecule has 1 amide bonds. The summed E-state index contributed by atoms with van der Waals surface area (Å²) >= 11 is 0. The number of benzene rings is 1. The van der Waals surface area contributed by atoms with Crippen LogP contribution in [-0.2, 0) is 12.8 Å². The minimum absolute atomic E-state index is 0.0944. The Balaban J connectivity index is 1.50. The maximum absolute atomic E-state index is 12.9. The van der Waals surface area contributed by atoms with Crippen LogP contribution in [-0.4, -0.2) is 45.9 Å². The molecule has 0 saturated heterocycles. The summed E-state index contributed by atoms with van der Waals surface area (Å²) in [6.07, 6.45) is 8.09. The van der Waals surface area contributed by atoms with Crippen LogP contribution >= 0.6 is 0 Å². The monoisotopic (exact) mass is 373 g/mol. The second-order valence-electron chi connectivity index (χ2n) is 6.96. The van der Waals surface area contributed by atoms with Crippen LogP contribution in [0.1, 0.15) is 28.0 Å². The maximum Gasteiger partial charge on any atom is 0.272 e. The summed E-state index contributed by atoms with van der Waals surface area (Å²) in [5.41, 5.74) is 4.00. The molecule has 3 aromatic rings. The third-order valence-electron chi connectivity index (χ3n) is 5.05. The van der Waals surface area contributed by atoms with Crippen LogP contribution < -0.4 is 4.90 Å². The van der Waals surface area contributed by atoms with E-state index in [1.165, 1.54) is 5.56 Å². The first-order chi connectivity index (χ1) is 13.7. The van der Waals surface area contributed by atoms with Gasteiger partial charge in [0.2, 0.25) is 5.95 Å². The van der Waals surface area contributed by atoms with Crippen LogP contribution in [0.25, 0.3) is 0 Å². The van der Waals surface area contributed by atoms with E-state index in [0.29, 0.717) is 18.2 Å². The number of fused-ring (bicyclic) bond motifs is 1.